The van der Waals surface area contributed by atoms with E-state index in [1.807, 2.05) is 43.3 Å². The molecule has 1 aromatic heterocycles. The third-order valence-electron chi connectivity index (χ3n) is 5.66. The second-order valence-corrected chi connectivity index (χ2v) is 7.98. The molecule has 0 radical (unpaired) electrons. The SMILES string of the molecule is CCCc1ccc(C2(C)NC(=O)N(Cc3cc(=O)oc4cc(C)ccc34)C2=O)cc1. The smallest absolute Gasteiger partial charge is 0.336 e. The van der Waals surface area contributed by atoms with Crippen molar-refractivity contribution in [1.29, 1.82) is 0 Å². The van der Waals surface area contributed by atoms with Gasteiger partial charge >= 0.3 is 11.7 Å². The van der Waals surface area contributed by atoms with Crippen molar-refractivity contribution in [2.45, 2.75) is 45.7 Å². The van der Waals surface area contributed by atoms with Crippen LogP contribution >= 0.6 is 0 Å². The van der Waals surface area contributed by atoms with E-state index >= 15 is 0 Å². The van der Waals surface area contributed by atoms with Gasteiger partial charge in [0.1, 0.15) is 11.1 Å². The summed E-state index contributed by atoms with van der Waals surface area (Å²) >= 11 is 0. The Morgan fingerprint density at radius 2 is 1.77 bits per heavy atom. The summed E-state index contributed by atoms with van der Waals surface area (Å²) in [5.41, 5.74) is 2.24. The van der Waals surface area contributed by atoms with E-state index in [0.29, 0.717) is 16.5 Å². The Labute approximate surface area is 174 Å². The van der Waals surface area contributed by atoms with Crippen molar-refractivity contribution < 1.29 is 14.0 Å². The number of hydrogen-bond donors (Lipinski definition) is 1. The number of rotatable bonds is 5. The lowest BCUT2D eigenvalue weighted by Crippen LogP contribution is -2.40. The summed E-state index contributed by atoms with van der Waals surface area (Å²) in [6.45, 7) is 5.73. The number of urea groups is 1. The van der Waals surface area contributed by atoms with Gasteiger partial charge in [-0.1, -0.05) is 49.7 Å². The third kappa shape index (κ3) is 3.38. The molecule has 4 rings (SSSR count). The number of amides is 3. The summed E-state index contributed by atoms with van der Waals surface area (Å²) in [6.07, 6.45) is 2.01. The lowest BCUT2D eigenvalue weighted by Gasteiger charge is -2.22. The number of fused-ring (bicyclic) bond motifs is 1. The molecule has 0 spiro atoms. The number of carbonyl (C=O) groups is 2. The predicted octanol–water partition coefficient (Wildman–Crippen LogP) is 4.02. The molecular formula is C24H24N2O4. The number of benzene rings is 2. The lowest BCUT2D eigenvalue weighted by molar-refractivity contribution is -0.131. The summed E-state index contributed by atoms with van der Waals surface area (Å²) in [7, 11) is 0. The molecule has 1 saturated heterocycles. The summed E-state index contributed by atoms with van der Waals surface area (Å²) in [6, 6.07) is 14.1. The van der Waals surface area contributed by atoms with E-state index in [1.54, 1.807) is 13.0 Å². The molecule has 1 aliphatic heterocycles. The van der Waals surface area contributed by atoms with Crippen LogP contribution in [0.3, 0.4) is 0 Å². The van der Waals surface area contributed by atoms with Crippen LogP contribution < -0.4 is 10.9 Å². The highest BCUT2D eigenvalue weighted by Crippen LogP contribution is 2.31. The molecule has 6 heteroatoms. The third-order valence-corrected chi connectivity index (χ3v) is 5.66. The molecule has 2 aromatic carbocycles. The fourth-order valence-corrected chi connectivity index (χ4v) is 3.97. The van der Waals surface area contributed by atoms with E-state index in [9.17, 15) is 14.4 Å². The molecule has 1 N–H and O–H groups in total. The quantitative estimate of drug-likeness (QED) is 0.515. The van der Waals surface area contributed by atoms with Crippen molar-refractivity contribution in [3.8, 4) is 0 Å². The number of carbonyl (C=O) groups excluding carboxylic acids is 2. The van der Waals surface area contributed by atoms with Crippen LogP contribution in [0, 0.1) is 6.92 Å². The highest BCUT2D eigenvalue weighted by atomic mass is 16.4. The molecule has 2 heterocycles. The van der Waals surface area contributed by atoms with Crippen LogP contribution in [0.15, 0.2) is 57.7 Å². The standard InChI is InChI=1S/C24H24N2O4/c1-4-5-16-7-9-18(10-8-16)24(3)22(28)26(23(29)25-24)14-17-13-21(27)30-20-12-15(2)6-11-19(17)20/h6-13H,4-5,14H2,1-3H3,(H,25,29). The molecule has 0 bridgehead atoms. The van der Waals surface area contributed by atoms with Crippen molar-refractivity contribution in [2.24, 2.45) is 0 Å². The van der Waals surface area contributed by atoms with E-state index in [0.717, 1.165) is 28.9 Å². The van der Waals surface area contributed by atoms with Gasteiger partial charge in [-0.25, -0.2) is 9.59 Å². The van der Waals surface area contributed by atoms with Crippen LogP contribution in [0.1, 0.15) is 42.5 Å². The summed E-state index contributed by atoms with van der Waals surface area (Å²) in [5, 5.41) is 3.53. The van der Waals surface area contributed by atoms with Crippen molar-refractivity contribution in [2.75, 3.05) is 0 Å². The number of nitrogens with one attached hydrogen (secondary N) is 1. The zero-order valence-electron chi connectivity index (χ0n) is 17.3. The second-order valence-electron chi connectivity index (χ2n) is 7.98. The average molecular weight is 404 g/mol. The zero-order chi connectivity index (χ0) is 21.5. The van der Waals surface area contributed by atoms with Crippen molar-refractivity contribution in [3.63, 3.8) is 0 Å². The van der Waals surface area contributed by atoms with Crippen LogP contribution in [0.5, 0.6) is 0 Å². The molecule has 6 nitrogen and oxygen atoms in total. The minimum atomic E-state index is -1.15. The Morgan fingerprint density at radius 1 is 1.03 bits per heavy atom. The van der Waals surface area contributed by atoms with Gasteiger partial charge < -0.3 is 9.73 Å². The van der Waals surface area contributed by atoms with Gasteiger partial charge in [0.05, 0.1) is 6.54 Å². The molecule has 3 amide bonds. The van der Waals surface area contributed by atoms with Gasteiger partial charge in [0.2, 0.25) is 0 Å². The van der Waals surface area contributed by atoms with Gasteiger partial charge in [0.25, 0.3) is 5.91 Å². The van der Waals surface area contributed by atoms with Crippen molar-refractivity contribution >= 4 is 22.9 Å². The minimum Gasteiger partial charge on any atom is -0.423 e. The van der Waals surface area contributed by atoms with Crippen LogP contribution in [0.4, 0.5) is 4.79 Å². The predicted molar refractivity (Wildman–Crippen MR) is 114 cm³/mol. The maximum atomic E-state index is 13.3. The molecule has 0 saturated carbocycles. The van der Waals surface area contributed by atoms with Crippen LogP contribution in [-0.4, -0.2) is 16.8 Å². The zero-order valence-corrected chi connectivity index (χ0v) is 17.3. The molecule has 1 fully saturated rings. The summed E-state index contributed by atoms with van der Waals surface area (Å²) < 4.78 is 5.28. The van der Waals surface area contributed by atoms with Crippen LogP contribution in [-0.2, 0) is 23.3 Å². The van der Waals surface area contributed by atoms with Crippen molar-refractivity contribution in [1.82, 2.24) is 10.2 Å². The Hall–Kier alpha value is -3.41. The lowest BCUT2D eigenvalue weighted by atomic mass is 9.91. The topological polar surface area (TPSA) is 79.6 Å². The summed E-state index contributed by atoms with van der Waals surface area (Å²) in [4.78, 5) is 39.2. The number of hydrogen-bond acceptors (Lipinski definition) is 4. The number of imide groups is 1. The first-order valence-electron chi connectivity index (χ1n) is 10.1. The largest absolute Gasteiger partial charge is 0.423 e. The van der Waals surface area contributed by atoms with E-state index in [4.69, 9.17) is 4.42 Å². The first kappa shape index (κ1) is 19.9. The number of aryl methyl sites for hydroxylation is 2. The maximum absolute atomic E-state index is 13.3. The molecule has 1 aliphatic rings. The van der Waals surface area contributed by atoms with Crippen molar-refractivity contribution in [3.05, 3.63) is 81.2 Å². The fraction of sp³-hybridized carbons (Fsp3) is 0.292. The molecule has 1 unspecified atom stereocenters. The van der Waals surface area contributed by atoms with Gasteiger partial charge in [-0.15, -0.1) is 0 Å². The minimum absolute atomic E-state index is 0.000659. The summed E-state index contributed by atoms with van der Waals surface area (Å²) in [5.74, 6) is -0.343. The normalized spacial score (nSPS) is 18.8. The van der Waals surface area contributed by atoms with Crippen LogP contribution in [0.2, 0.25) is 0 Å². The van der Waals surface area contributed by atoms with E-state index in [2.05, 4.69) is 12.2 Å². The first-order chi connectivity index (χ1) is 14.3. The molecule has 30 heavy (non-hydrogen) atoms. The van der Waals surface area contributed by atoms with Gasteiger partial charge in [-0.2, -0.15) is 0 Å². The van der Waals surface area contributed by atoms with E-state index in [1.165, 1.54) is 11.6 Å². The van der Waals surface area contributed by atoms with Crippen LogP contribution in [0.25, 0.3) is 11.0 Å². The van der Waals surface area contributed by atoms with Gasteiger partial charge in [-0.05, 0) is 48.6 Å². The molecule has 1 atom stereocenters. The molecule has 0 aliphatic carbocycles. The maximum Gasteiger partial charge on any atom is 0.336 e. The monoisotopic (exact) mass is 404 g/mol. The number of nitrogens with zero attached hydrogens (tertiary/aromatic N) is 1. The molecular weight excluding hydrogens is 380 g/mol. The second kappa shape index (κ2) is 7.44. The first-order valence-corrected chi connectivity index (χ1v) is 10.1. The highest BCUT2D eigenvalue weighted by molar-refractivity contribution is 6.07. The average Bonchev–Trinajstić information content (AvgIpc) is 2.92. The van der Waals surface area contributed by atoms with Gasteiger partial charge in [0, 0.05) is 11.5 Å². The van der Waals surface area contributed by atoms with Gasteiger partial charge in [0.15, 0.2) is 0 Å². The Kier molecular flexibility index (Phi) is 4.94. The molecule has 154 valence electrons. The van der Waals surface area contributed by atoms with E-state index in [-0.39, 0.29) is 12.5 Å². The Balaban J connectivity index is 1.67. The Morgan fingerprint density at radius 3 is 2.47 bits per heavy atom. The Bertz CT molecular complexity index is 1200. The molecule has 3 aromatic rings. The van der Waals surface area contributed by atoms with Gasteiger partial charge in [-0.3, -0.25) is 9.69 Å². The van der Waals surface area contributed by atoms with E-state index < -0.39 is 17.2 Å². The fourth-order valence-electron chi connectivity index (χ4n) is 3.97. The highest BCUT2D eigenvalue weighted by Gasteiger charge is 2.49.